The normalized spacial score (nSPS) is 9.22. The molecule has 0 saturated heterocycles. The molecule has 1 unspecified atom stereocenters. The third-order valence-electron chi connectivity index (χ3n) is 0.313. The van der Waals surface area contributed by atoms with Crippen LogP contribution in [0.3, 0.4) is 0 Å². The third-order valence-corrected chi connectivity index (χ3v) is 2.03. The molecule has 0 aromatic carbocycles. The number of carbonyl (C=O) groups is 1. The maximum Gasteiger partial charge on any atom is 2.00 e. The van der Waals surface area contributed by atoms with E-state index in [-0.39, 0.29) is 43.5 Å². The van der Waals surface area contributed by atoms with Crippen molar-refractivity contribution in [2.45, 2.75) is 11.8 Å². The summed E-state index contributed by atoms with van der Waals surface area (Å²) in [6, 6.07) is 0. The molecule has 0 saturated carbocycles. The van der Waals surface area contributed by atoms with E-state index in [1.165, 1.54) is 0 Å². The van der Waals surface area contributed by atoms with Gasteiger partial charge in [0, 0.05) is 0 Å². The summed E-state index contributed by atoms with van der Waals surface area (Å²) in [6.45, 7) is 1.76. The Morgan fingerprint density at radius 1 is 1.44 bits per heavy atom. The molecule has 52 valence electrons. The van der Waals surface area contributed by atoms with Gasteiger partial charge in [-0.05, 0) is 22.9 Å². The Labute approximate surface area is 86.6 Å². The number of hydrogen-bond donors (Lipinski definition) is 0. The van der Waals surface area contributed by atoms with Gasteiger partial charge in [0.05, 0.1) is 4.83 Å². The fraction of sp³-hybridized carbons (Fsp3) is 0.667. The topological polar surface area (TPSA) is 77.1 Å². The summed E-state index contributed by atoms with van der Waals surface area (Å²) in [5, 5.41) is 0. The van der Waals surface area contributed by atoms with E-state index in [2.05, 4.69) is 31.9 Å². The Morgan fingerprint density at radius 2 is 1.56 bits per heavy atom. The van der Waals surface area contributed by atoms with Gasteiger partial charge in [-0.15, -0.1) is 0 Å². The molecule has 0 spiro atoms. The maximum atomic E-state index is 10.0. The first kappa shape index (κ1) is 22.4. The van der Waals surface area contributed by atoms with Crippen molar-refractivity contribution in [3.8, 4) is 0 Å². The van der Waals surface area contributed by atoms with Gasteiger partial charge >= 0.3 is 23.1 Å². The van der Waals surface area contributed by atoms with Crippen molar-refractivity contribution < 1.29 is 15.7 Å². The van der Waals surface area contributed by atoms with Gasteiger partial charge in [0.15, 0.2) is 0 Å². The van der Waals surface area contributed by atoms with Crippen molar-refractivity contribution in [2.75, 3.05) is 0 Å². The largest absolute Gasteiger partial charge is 2.00 e. The Morgan fingerprint density at radius 3 is 1.56 bits per heavy atom. The Balaban J connectivity index is -0.0000000417. The summed E-state index contributed by atoms with van der Waals surface area (Å²) in [6.07, 6.45) is 0. The zero-order valence-electron chi connectivity index (χ0n) is 4.84. The molecule has 0 aromatic heterocycles. The SMILES string of the molecule is CC(Br)C(=O)Br.[Mg+2].[OH-].[OH-]. The summed E-state index contributed by atoms with van der Waals surface area (Å²) in [5.74, 6) is 0. The van der Waals surface area contributed by atoms with Crippen LogP contribution in [0.5, 0.6) is 0 Å². The number of alkyl halides is 1. The number of carbonyl (C=O) groups excluding carboxylic acids is 1. The summed E-state index contributed by atoms with van der Waals surface area (Å²) in [5.41, 5.74) is 0. The van der Waals surface area contributed by atoms with Gasteiger partial charge in [0.2, 0.25) is 4.69 Å². The molecule has 0 bridgehead atoms. The monoisotopic (exact) mass is 272 g/mol. The van der Waals surface area contributed by atoms with Gasteiger partial charge < -0.3 is 11.0 Å². The molecule has 0 heterocycles. The minimum atomic E-state index is -0.0579. The van der Waals surface area contributed by atoms with Gasteiger partial charge in [-0.25, -0.2) is 0 Å². The minimum absolute atomic E-state index is 0. The Kier molecular flexibility index (Phi) is 30.0. The molecule has 0 amide bonds. The van der Waals surface area contributed by atoms with E-state index < -0.39 is 0 Å². The van der Waals surface area contributed by atoms with E-state index in [1.807, 2.05) is 0 Å². The van der Waals surface area contributed by atoms with Crippen molar-refractivity contribution in [1.29, 1.82) is 0 Å². The summed E-state index contributed by atoms with van der Waals surface area (Å²) >= 11 is 5.80. The molecule has 0 aliphatic heterocycles. The van der Waals surface area contributed by atoms with Crippen molar-refractivity contribution in [3.05, 3.63) is 0 Å². The predicted octanol–water partition coefficient (Wildman–Crippen LogP) is 0.957. The second-order valence-electron chi connectivity index (χ2n) is 0.920. The van der Waals surface area contributed by atoms with Crippen LogP contribution in [0, 0.1) is 0 Å². The predicted molar refractivity (Wildman–Crippen MR) is 41.9 cm³/mol. The quantitative estimate of drug-likeness (QED) is 0.406. The molecule has 6 heteroatoms. The fourth-order valence-corrected chi connectivity index (χ4v) is 0. The van der Waals surface area contributed by atoms with Crippen LogP contribution in [0.2, 0.25) is 0 Å². The van der Waals surface area contributed by atoms with Gasteiger partial charge in [-0.1, -0.05) is 15.9 Å². The summed E-state index contributed by atoms with van der Waals surface area (Å²) < 4.78 is -0.0116. The average Bonchev–Trinajstić information content (AvgIpc) is 1.36. The van der Waals surface area contributed by atoms with E-state index in [0.29, 0.717) is 0 Å². The van der Waals surface area contributed by atoms with Crippen molar-refractivity contribution >= 4 is 59.6 Å². The van der Waals surface area contributed by atoms with Crippen molar-refractivity contribution in [1.82, 2.24) is 0 Å². The molecule has 0 aliphatic rings. The first-order valence-electron chi connectivity index (χ1n) is 1.48. The molecule has 0 radical (unpaired) electrons. The zero-order chi connectivity index (χ0) is 5.15. The Hall–Kier alpha value is 1.32. The first-order valence-corrected chi connectivity index (χ1v) is 3.19. The molecule has 0 aromatic rings. The molecule has 3 nitrogen and oxygen atoms in total. The second-order valence-corrected chi connectivity index (χ2v) is 3.08. The third kappa shape index (κ3) is 17.6. The van der Waals surface area contributed by atoms with E-state index in [4.69, 9.17) is 0 Å². The van der Waals surface area contributed by atoms with Crippen LogP contribution in [0.15, 0.2) is 0 Å². The van der Waals surface area contributed by atoms with Crippen molar-refractivity contribution in [2.24, 2.45) is 0 Å². The van der Waals surface area contributed by atoms with Gasteiger partial charge in [-0.2, -0.15) is 0 Å². The van der Waals surface area contributed by atoms with Crippen LogP contribution < -0.4 is 0 Å². The zero-order valence-corrected chi connectivity index (χ0v) is 9.43. The number of halogens is 2. The molecule has 0 rings (SSSR count). The van der Waals surface area contributed by atoms with Crippen LogP contribution in [0.4, 0.5) is 0 Å². The molecule has 9 heavy (non-hydrogen) atoms. The first-order chi connectivity index (χ1) is 2.64. The van der Waals surface area contributed by atoms with Crippen LogP contribution in [0.25, 0.3) is 0 Å². The molecule has 0 aliphatic carbocycles. The molecular formula is C3H6Br2MgO3. The van der Waals surface area contributed by atoms with Gasteiger partial charge in [0.25, 0.3) is 0 Å². The van der Waals surface area contributed by atoms with E-state index in [1.54, 1.807) is 6.92 Å². The van der Waals surface area contributed by atoms with Crippen molar-refractivity contribution in [3.63, 3.8) is 0 Å². The maximum absolute atomic E-state index is 10.0. The smallest absolute Gasteiger partial charge is 0.870 e. The molecule has 1 atom stereocenters. The van der Waals surface area contributed by atoms with Gasteiger partial charge in [0.1, 0.15) is 0 Å². The molecule has 2 N–H and O–H groups in total. The van der Waals surface area contributed by atoms with Crippen LogP contribution in [-0.2, 0) is 4.79 Å². The summed E-state index contributed by atoms with van der Waals surface area (Å²) in [4.78, 5) is 9.96. The number of rotatable bonds is 1. The minimum Gasteiger partial charge on any atom is -0.870 e. The van der Waals surface area contributed by atoms with E-state index in [9.17, 15) is 4.79 Å². The van der Waals surface area contributed by atoms with E-state index >= 15 is 0 Å². The molecular weight excluding hydrogens is 268 g/mol. The van der Waals surface area contributed by atoms with Crippen LogP contribution in [0.1, 0.15) is 6.92 Å². The van der Waals surface area contributed by atoms with Crippen LogP contribution >= 0.6 is 31.9 Å². The average molecular weight is 274 g/mol. The summed E-state index contributed by atoms with van der Waals surface area (Å²) in [7, 11) is 0. The number of hydrogen-bond acceptors (Lipinski definition) is 3. The fourth-order valence-electron chi connectivity index (χ4n) is 0. The molecule has 0 fully saturated rings. The second kappa shape index (κ2) is 12.0. The van der Waals surface area contributed by atoms with Gasteiger partial charge in [-0.3, -0.25) is 4.79 Å². The standard InChI is InChI=1S/C3H4Br2O.Mg.2H2O/c1-2(4)3(5)6;;;/h2H,1H3;;2*1H2/q;+2;;/p-2. The Bertz CT molecular complexity index is 68.1. The van der Waals surface area contributed by atoms with Crippen LogP contribution in [-0.4, -0.2) is 43.5 Å². The van der Waals surface area contributed by atoms with E-state index in [0.717, 1.165) is 0 Å².